The van der Waals surface area contributed by atoms with Crippen molar-refractivity contribution < 1.29 is 10.0 Å². The fraction of sp³-hybridized carbons (Fsp3) is 0.467. The minimum Gasteiger partial charge on any atom is -0.395 e. The molecule has 0 radical (unpaired) electrons. The van der Waals surface area contributed by atoms with E-state index in [0.29, 0.717) is 5.56 Å². The zero-order valence-electron chi connectivity index (χ0n) is 11.4. The molecular formula is C15H20N2O3. The SMILES string of the molecule is O=[N+]([O-])c1ccccc1/C=C/CN1CCCC[C@@H]1CO. The van der Waals surface area contributed by atoms with E-state index >= 15 is 0 Å². The number of nitro benzene ring substituents is 1. The van der Waals surface area contributed by atoms with Crippen molar-refractivity contribution in [1.82, 2.24) is 4.90 Å². The highest BCUT2D eigenvalue weighted by molar-refractivity contribution is 5.60. The predicted octanol–water partition coefficient (Wildman–Crippen LogP) is 2.45. The molecule has 0 aliphatic carbocycles. The molecule has 1 aromatic rings. The molecule has 1 aromatic carbocycles. The van der Waals surface area contributed by atoms with E-state index in [2.05, 4.69) is 4.90 Å². The number of nitrogens with zero attached hydrogens (tertiary/aromatic N) is 2. The number of piperidine rings is 1. The van der Waals surface area contributed by atoms with E-state index in [4.69, 9.17) is 0 Å². The smallest absolute Gasteiger partial charge is 0.276 e. The highest BCUT2D eigenvalue weighted by Gasteiger charge is 2.20. The average molecular weight is 276 g/mol. The maximum Gasteiger partial charge on any atom is 0.276 e. The van der Waals surface area contributed by atoms with Crippen LogP contribution in [0.2, 0.25) is 0 Å². The minimum atomic E-state index is -0.364. The second-order valence-electron chi connectivity index (χ2n) is 5.05. The Bertz CT molecular complexity index is 488. The first-order valence-electron chi connectivity index (χ1n) is 6.97. The third kappa shape index (κ3) is 3.65. The van der Waals surface area contributed by atoms with Crippen molar-refractivity contribution in [2.75, 3.05) is 19.7 Å². The van der Waals surface area contributed by atoms with Gasteiger partial charge in [0.2, 0.25) is 0 Å². The normalized spacial score (nSPS) is 20.4. The lowest BCUT2D eigenvalue weighted by molar-refractivity contribution is -0.385. The van der Waals surface area contributed by atoms with E-state index < -0.39 is 0 Å². The van der Waals surface area contributed by atoms with Crippen LogP contribution in [0.15, 0.2) is 30.3 Å². The summed E-state index contributed by atoms with van der Waals surface area (Å²) in [5.41, 5.74) is 0.746. The summed E-state index contributed by atoms with van der Waals surface area (Å²) in [5, 5.41) is 20.3. The molecule has 5 nitrogen and oxygen atoms in total. The number of rotatable bonds is 5. The number of likely N-dealkylation sites (tertiary alicyclic amines) is 1. The third-order valence-electron chi connectivity index (χ3n) is 3.73. The van der Waals surface area contributed by atoms with Crippen LogP contribution < -0.4 is 0 Å². The lowest BCUT2D eigenvalue weighted by Crippen LogP contribution is -2.41. The minimum absolute atomic E-state index is 0.126. The second-order valence-corrected chi connectivity index (χ2v) is 5.05. The molecule has 1 fully saturated rings. The number of aliphatic hydroxyl groups is 1. The molecule has 0 bridgehead atoms. The molecule has 0 spiro atoms. The molecule has 0 aromatic heterocycles. The highest BCUT2D eigenvalue weighted by atomic mass is 16.6. The second kappa shape index (κ2) is 7.17. The Balaban J connectivity index is 2.01. The van der Waals surface area contributed by atoms with Crippen LogP contribution in [0.4, 0.5) is 5.69 Å². The Labute approximate surface area is 118 Å². The largest absolute Gasteiger partial charge is 0.395 e. The van der Waals surface area contributed by atoms with Gasteiger partial charge in [0.15, 0.2) is 0 Å². The van der Waals surface area contributed by atoms with Gasteiger partial charge in [0, 0.05) is 18.7 Å². The quantitative estimate of drug-likeness (QED) is 0.662. The maximum absolute atomic E-state index is 10.9. The van der Waals surface area contributed by atoms with Crippen LogP contribution in [0.3, 0.4) is 0 Å². The molecule has 0 amide bonds. The van der Waals surface area contributed by atoms with Crippen molar-refractivity contribution in [3.05, 3.63) is 46.0 Å². The van der Waals surface area contributed by atoms with Crippen molar-refractivity contribution in [3.8, 4) is 0 Å². The fourth-order valence-corrected chi connectivity index (χ4v) is 2.62. The first-order valence-corrected chi connectivity index (χ1v) is 6.97. The summed E-state index contributed by atoms with van der Waals surface area (Å²) in [6, 6.07) is 6.94. The summed E-state index contributed by atoms with van der Waals surface area (Å²) >= 11 is 0. The topological polar surface area (TPSA) is 66.6 Å². The molecule has 5 heteroatoms. The van der Waals surface area contributed by atoms with Gasteiger partial charge in [-0.05, 0) is 25.5 Å². The Kier molecular flexibility index (Phi) is 5.26. The number of para-hydroxylation sites is 1. The van der Waals surface area contributed by atoms with Crippen LogP contribution in [0.25, 0.3) is 6.08 Å². The molecule has 2 rings (SSSR count). The third-order valence-corrected chi connectivity index (χ3v) is 3.73. The molecule has 0 saturated carbocycles. The van der Waals surface area contributed by atoms with E-state index in [1.54, 1.807) is 24.3 Å². The molecule has 1 aliphatic heterocycles. The van der Waals surface area contributed by atoms with Crippen LogP contribution in [0.5, 0.6) is 0 Å². The Hall–Kier alpha value is -1.72. The predicted molar refractivity (Wildman–Crippen MR) is 78.4 cm³/mol. The van der Waals surface area contributed by atoms with E-state index in [1.165, 1.54) is 6.07 Å². The van der Waals surface area contributed by atoms with E-state index in [0.717, 1.165) is 32.4 Å². The summed E-state index contributed by atoms with van der Waals surface area (Å²) in [4.78, 5) is 12.8. The van der Waals surface area contributed by atoms with Gasteiger partial charge in [0.25, 0.3) is 5.69 Å². The molecule has 0 unspecified atom stereocenters. The van der Waals surface area contributed by atoms with Gasteiger partial charge in [0.1, 0.15) is 0 Å². The molecule has 1 aliphatic rings. The van der Waals surface area contributed by atoms with Crippen LogP contribution in [-0.2, 0) is 0 Å². The van der Waals surface area contributed by atoms with Crippen molar-refractivity contribution in [2.45, 2.75) is 25.3 Å². The van der Waals surface area contributed by atoms with Gasteiger partial charge in [-0.2, -0.15) is 0 Å². The number of hydrogen-bond donors (Lipinski definition) is 1. The van der Waals surface area contributed by atoms with Gasteiger partial charge < -0.3 is 5.11 Å². The number of nitro groups is 1. The standard InChI is InChI=1S/C15H20N2O3/c18-12-14-8-3-4-10-16(14)11-5-7-13-6-1-2-9-15(13)17(19)20/h1-2,5-7,9,14,18H,3-4,8,10-12H2/b7-5+/t14-/m1/s1. The van der Waals surface area contributed by atoms with Crippen LogP contribution in [0.1, 0.15) is 24.8 Å². The van der Waals surface area contributed by atoms with Gasteiger partial charge in [-0.1, -0.05) is 30.7 Å². The first-order chi connectivity index (χ1) is 9.72. The molecule has 108 valence electrons. The van der Waals surface area contributed by atoms with Gasteiger partial charge in [-0.25, -0.2) is 0 Å². The Morgan fingerprint density at radius 1 is 1.40 bits per heavy atom. The average Bonchev–Trinajstić information content (AvgIpc) is 2.48. The number of benzene rings is 1. The molecular weight excluding hydrogens is 256 g/mol. The lowest BCUT2D eigenvalue weighted by atomic mass is 10.0. The van der Waals surface area contributed by atoms with Crippen molar-refractivity contribution >= 4 is 11.8 Å². The zero-order valence-corrected chi connectivity index (χ0v) is 11.4. The van der Waals surface area contributed by atoms with Crippen molar-refractivity contribution in [1.29, 1.82) is 0 Å². The van der Waals surface area contributed by atoms with E-state index in [9.17, 15) is 15.2 Å². The highest BCUT2D eigenvalue weighted by Crippen LogP contribution is 2.20. The summed E-state index contributed by atoms with van der Waals surface area (Å²) in [6.07, 6.45) is 7.07. The Morgan fingerprint density at radius 3 is 2.95 bits per heavy atom. The lowest BCUT2D eigenvalue weighted by Gasteiger charge is -2.33. The van der Waals surface area contributed by atoms with Crippen LogP contribution >= 0.6 is 0 Å². The molecule has 1 heterocycles. The maximum atomic E-state index is 10.9. The summed E-state index contributed by atoms with van der Waals surface area (Å²) in [6.45, 7) is 1.88. The van der Waals surface area contributed by atoms with E-state index in [-0.39, 0.29) is 23.3 Å². The van der Waals surface area contributed by atoms with Crippen molar-refractivity contribution in [2.24, 2.45) is 0 Å². The number of hydrogen-bond acceptors (Lipinski definition) is 4. The molecule has 1 atom stereocenters. The van der Waals surface area contributed by atoms with Gasteiger partial charge in [-0.3, -0.25) is 15.0 Å². The molecule has 1 N–H and O–H groups in total. The zero-order chi connectivity index (χ0) is 14.4. The summed E-state index contributed by atoms with van der Waals surface area (Å²) in [5.74, 6) is 0. The van der Waals surface area contributed by atoms with Gasteiger partial charge >= 0.3 is 0 Å². The van der Waals surface area contributed by atoms with Crippen molar-refractivity contribution in [3.63, 3.8) is 0 Å². The molecule has 1 saturated heterocycles. The number of aliphatic hydroxyl groups excluding tert-OH is 1. The molecule has 20 heavy (non-hydrogen) atoms. The van der Waals surface area contributed by atoms with E-state index in [1.807, 2.05) is 6.08 Å². The van der Waals surface area contributed by atoms with Gasteiger partial charge in [-0.15, -0.1) is 0 Å². The fourth-order valence-electron chi connectivity index (χ4n) is 2.62. The Morgan fingerprint density at radius 2 is 2.20 bits per heavy atom. The van der Waals surface area contributed by atoms with Crippen LogP contribution in [0, 0.1) is 10.1 Å². The summed E-state index contributed by atoms with van der Waals surface area (Å²) in [7, 11) is 0. The van der Waals surface area contributed by atoms with Gasteiger partial charge in [0.05, 0.1) is 17.1 Å². The summed E-state index contributed by atoms with van der Waals surface area (Å²) < 4.78 is 0. The monoisotopic (exact) mass is 276 g/mol. The van der Waals surface area contributed by atoms with Crippen LogP contribution in [-0.4, -0.2) is 40.7 Å². The first kappa shape index (κ1) is 14.7.